The summed E-state index contributed by atoms with van der Waals surface area (Å²) in [7, 11) is -12.6. The summed E-state index contributed by atoms with van der Waals surface area (Å²) >= 11 is 1.75. The second kappa shape index (κ2) is 35.3. The third-order valence-corrected chi connectivity index (χ3v) is 26.3. The molecular weight excluding hydrogens is 1470 g/mol. The minimum atomic E-state index is -6.32. The summed E-state index contributed by atoms with van der Waals surface area (Å²) < 4.78 is 164. The number of benzene rings is 4. The Kier molecular flexibility index (Phi) is 27.4. The molecule has 4 aliphatic heterocycles. The topological polar surface area (TPSA) is 170 Å². The van der Waals surface area contributed by atoms with Gasteiger partial charge in [-0.25, -0.2) is 0 Å². The molecule has 10 rings (SSSR count). The van der Waals surface area contributed by atoms with Gasteiger partial charge in [-0.15, -0.1) is 7.96 Å². The Hall–Kier alpha value is -6.72. The number of rotatable bonds is 33. The predicted octanol–water partition coefficient (Wildman–Crippen LogP) is 18.1. The van der Waals surface area contributed by atoms with Gasteiger partial charge in [-0.1, -0.05) is 192 Å². The highest BCUT2D eigenvalue weighted by molar-refractivity contribution is 7.94. The molecule has 26 heteroatoms. The molecule has 16 nitrogen and oxygen atoms in total. The predicted molar refractivity (Wildman–Crippen MR) is 417 cm³/mol. The van der Waals surface area contributed by atoms with Crippen molar-refractivity contribution in [3.63, 3.8) is 0 Å². The second-order valence-electron chi connectivity index (χ2n) is 30.3. The lowest BCUT2D eigenvalue weighted by Gasteiger charge is -2.27. The molecule has 4 aromatic carbocycles. The Morgan fingerprint density at radius 1 is 0.398 bits per heavy atom. The molecule has 2 saturated carbocycles. The molecule has 0 aromatic heterocycles. The Bertz CT molecular complexity index is 4210. The fourth-order valence-electron chi connectivity index (χ4n) is 16.4. The Labute approximate surface area is 642 Å². The molecule has 0 bridgehead atoms. The number of anilines is 4. The number of para-hydroxylation sites is 4. The van der Waals surface area contributed by atoms with Gasteiger partial charge in [0.05, 0.1) is 0 Å². The standard InChI is InChI=1S/C82H102F6N6O10S4/c1-11-13-23-51-89-67-35-19-15-31-63(67)77(3,4)71(89)47-43-59-39-41-61(45-49-73-79(7,8)65-33-17-21-37-69(65)91(73)53-27-29-57-105-103-101-95)75(59)93(107(97,98)81(83,84)85)55-25-26-56-94(108(99,100)82(86,87)88)76-60(44-48-72-78(5,6)64-32-16-20-36-68(64)90(72)52-24-14-12-2)40-42-62(76)46-50-74-80(9,10)66-34-18-22-38-70(66)92(74)54-28-30-58-106-104-102-96/h15-22,31-38,43-50H,11-14,23-30,39-42,51-58H2,1-10H3. The van der Waals surface area contributed by atoms with Crippen molar-refractivity contribution in [3.8, 4) is 0 Å². The molecule has 0 saturated heterocycles. The summed E-state index contributed by atoms with van der Waals surface area (Å²) in [5.41, 5.74) is -2.49. The van der Waals surface area contributed by atoms with Crippen molar-refractivity contribution in [1.82, 2.24) is 0 Å². The molecule has 2 aliphatic carbocycles. The van der Waals surface area contributed by atoms with Gasteiger partial charge in [0.15, 0.2) is 13.1 Å². The molecule has 6 aliphatic rings. The lowest BCUT2D eigenvalue weighted by Crippen LogP contribution is -2.40. The minimum Gasteiger partial charge on any atom is -0.691 e. The van der Waals surface area contributed by atoms with E-state index in [1.807, 2.05) is 137 Å². The van der Waals surface area contributed by atoms with Crippen LogP contribution in [0.5, 0.6) is 0 Å². The summed E-state index contributed by atoms with van der Waals surface area (Å²) in [6.45, 7) is 21.1. The van der Waals surface area contributed by atoms with Gasteiger partial charge >= 0.3 is 31.1 Å². The van der Waals surface area contributed by atoms with E-state index in [9.17, 15) is 27.4 Å². The maximum Gasteiger partial charge on any atom is 0.560 e. The molecule has 0 unspecified atom stereocenters. The number of sulfonamides is 2. The van der Waals surface area contributed by atoms with Crippen LogP contribution in [0.2, 0.25) is 0 Å². The SMILES string of the molecule is CCCCCN1/C(=C/C=C2\CCC(=C/C=C3/N(CCCCSOO[O-])c4ccccc4C3(C)C)\C2=[N+](/CCCC/[N+](=C2C(=C/C=C3/N(CCCCC)c4ccccc4C3(C)C)/CCC/2=C\C=C2\N(CCCCSOO[O-])c3ccccc3C2(C)C)S(=O)(=O)C(F)(F)F)S(=O)(=O)C(F)(F)F)C(C)(C)c2ccccc21. The largest absolute Gasteiger partial charge is 0.691 e. The van der Waals surface area contributed by atoms with Crippen LogP contribution in [0.3, 0.4) is 0 Å². The second-order valence-corrected chi connectivity index (χ2v) is 35.6. The lowest BCUT2D eigenvalue weighted by molar-refractivity contribution is -0.777. The Morgan fingerprint density at radius 2 is 0.648 bits per heavy atom. The minimum absolute atomic E-state index is 0.107. The quantitative estimate of drug-likeness (QED) is 0.0110. The number of unbranched alkanes of at least 4 members (excludes halogenated alkanes) is 7. The van der Waals surface area contributed by atoms with E-state index >= 15 is 26.3 Å². The van der Waals surface area contributed by atoms with Crippen LogP contribution in [-0.4, -0.2) is 98.0 Å². The van der Waals surface area contributed by atoms with E-state index < -0.39 is 78.7 Å². The third-order valence-electron chi connectivity index (χ3n) is 22.0. The molecule has 0 amide bonds. The molecule has 0 atom stereocenters. The van der Waals surface area contributed by atoms with E-state index in [0.717, 1.165) is 130 Å². The van der Waals surface area contributed by atoms with Crippen LogP contribution in [0, 0.1) is 0 Å². The first-order valence-corrected chi connectivity index (χ1v) is 42.3. The summed E-state index contributed by atoms with van der Waals surface area (Å²) in [6, 6.07) is 31.7. The van der Waals surface area contributed by atoms with Crippen LogP contribution in [-0.2, 0) is 60.5 Å². The fraction of sp³-hybridized carbons (Fsp3) is 0.488. The molecule has 0 radical (unpaired) electrons. The molecule has 4 aromatic rings. The van der Waals surface area contributed by atoms with Crippen LogP contribution < -0.4 is 30.1 Å². The van der Waals surface area contributed by atoms with E-state index in [1.54, 1.807) is 24.3 Å². The summed E-state index contributed by atoms with van der Waals surface area (Å²) in [5.74, 6) is 0.894. The molecular formula is C82H102F6N6O10S4. The van der Waals surface area contributed by atoms with Crippen LogP contribution in [0.4, 0.5) is 49.1 Å². The average molecular weight is 1570 g/mol. The Balaban J connectivity index is 1.13. The summed E-state index contributed by atoms with van der Waals surface area (Å²) in [4.78, 5) is 8.69. The first-order chi connectivity index (χ1) is 51.3. The molecule has 2 fully saturated rings. The van der Waals surface area contributed by atoms with Gasteiger partial charge in [-0.3, -0.25) is 10.1 Å². The van der Waals surface area contributed by atoms with Gasteiger partial charge in [0.1, 0.15) is 0 Å². The zero-order valence-corrected chi connectivity index (χ0v) is 66.8. The van der Waals surface area contributed by atoms with Gasteiger partial charge in [0.25, 0.3) is 0 Å². The highest BCUT2D eigenvalue weighted by Gasteiger charge is 2.59. The summed E-state index contributed by atoms with van der Waals surface area (Å²) in [5, 5.41) is 28.2. The van der Waals surface area contributed by atoms with Crippen molar-refractivity contribution in [1.29, 1.82) is 0 Å². The molecule has 0 N–H and O–H groups in total. The van der Waals surface area contributed by atoms with Gasteiger partial charge in [-0.2, -0.15) is 51.8 Å². The number of fused-ring (bicyclic) bond motifs is 4. The molecule has 4 heterocycles. The van der Waals surface area contributed by atoms with Gasteiger partial charge < -0.3 is 30.1 Å². The van der Waals surface area contributed by atoms with Crippen LogP contribution >= 0.6 is 24.1 Å². The normalized spacial score (nSPS) is 22.1. The van der Waals surface area contributed by atoms with Gasteiger partial charge in [0.2, 0.25) is 11.4 Å². The van der Waals surface area contributed by atoms with Crippen LogP contribution in [0.25, 0.3) is 0 Å². The number of hydrogen-bond donors (Lipinski definition) is 0. The number of halogens is 6. The monoisotopic (exact) mass is 1570 g/mol. The smallest absolute Gasteiger partial charge is 0.560 e. The first kappa shape index (κ1) is 83.7. The van der Waals surface area contributed by atoms with Gasteiger partial charge in [-0.05, 0) is 135 Å². The first-order valence-electron chi connectivity index (χ1n) is 37.6. The molecule has 108 heavy (non-hydrogen) atoms. The number of hydrogen-bond acceptors (Lipinski definition) is 16. The third kappa shape index (κ3) is 17.5. The van der Waals surface area contributed by atoms with E-state index in [2.05, 4.69) is 92.0 Å². The van der Waals surface area contributed by atoms with Crippen molar-refractivity contribution in [3.05, 3.63) is 213 Å². The zero-order valence-electron chi connectivity index (χ0n) is 63.5. The van der Waals surface area contributed by atoms with Crippen molar-refractivity contribution >= 4 is 78.3 Å². The Morgan fingerprint density at radius 3 is 0.889 bits per heavy atom. The van der Waals surface area contributed by atoms with E-state index in [0.29, 0.717) is 71.3 Å². The number of allylic oxidation sites excluding steroid dienone is 16. The summed E-state index contributed by atoms with van der Waals surface area (Å²) in [6.07, 6.45) is 21.6. The lowest BCUT2D eigenvalue weighted by atomic mass is 9.83. The van der Waals surface area contributed by atoms with Crippen molar-refractivity contribution < 1.29 is 80.4 Å². The van der Waals surface area contributed by atoms with Crippen LogP contribution in [0.15, 0.2) is 191 Å². The van der Waals surface area contributed by atoms with E-state index in [1.165, 1.54) is 0 Å². The van der Waals surface area contributed by atoms with Crippen molar-refractivity contribution in [2.45, 2.75) is 205 Å². The highest BCUT2D eigenvalue weighted by atomic mass is 32.2. The van der Waals surface area contributed by atoms with Crippen LogP contribution in [0.1, 0.15) is 194 Å². The zero-order chi connectivity index (χ0) is 78.0. The van der Waals surface area contributed by atoms with Crippen molar-refractivity contribution in [2.24, 2.45) is 0 Å². The maximum atomic E-state index is 15.9. The number of nitrogens with zero attached hydrogens (tertiary/aromatic N) is 6. The molecule has 0 spiro atoms. The average Bonchev–Trinajstić information content (AvgIpc) is 1.56. The highest BCUT2D eigenvalue weighted by Crippen LogP contribution is 2.53. The fourth-order valence-corrected chi connectivity index (χ4v) is 19.5. The van der Waals surface area contributed by atoms with E-state index in [4.69, 9.17) is 0 Å². The van der Waals surface area contributed by atoms with Crippen molar-refractivity contribution in [2.75, 3.05) is 70.4 Å². The van der Waals surface area contributed by atoms with E-state index in [-0.39, 0.29) is 59.4 Å². The number of alkyl halides is 6. The maximum absolute atomic E-state index is 15.9. The van der Waals surface area contributed by atoms with Gasteiger partial charge in [0, 0.05) is 164 Å². The molecule has 586 valence electrons.